The number of hydrogen-bond donors (Lipinski definition) is 3. The molecule has 0 radical (unpaired) electrons. The zero-order valence-electron chi connectivity index (χ0n) is 15.0. The lowest BCUT2D eigenvalue weighted by molar-refractivity contribution is -0.137. The van der Waals surface area contributed by atoms with Gasteiger partial charge in [0.2, 0.25) is 0 Å². The molecule has 0 fully saturated rings. The van der Waals surface area contributed by atoms with Crippen LogP contribution in [0.4, 0.5) is 18.9 Å². The van der Waals surface area contributed by atoms with Gasteiger partial charge in [0.05, 0.1) is 35.4 Å². The molecule has 0 saturated heterocycles. The van der Waals surface area contributed by atoms with E-state index in [1.165, 1.54) is 36.4 Å². The monoisotopic (exact) mass is 403 g/mol. The van der Waals surface area contributed by atoms with Gasteiger partial charge >= 0.3 is 6.18 Å². The summed E-state index contributed by atoms with van der Waals surface area (Å²) in [4.78, 5) is 0. The molecule has 2 aromatic rings. The number of nitriles is 2. The number of aliphatic hydroxyl groups excluding tert-OH is 1. The molecule has 0 spiro atoms. The van der Waals surface area contributed by atoms with Gasteiger partial charge in [-0.05, 0) is 42.5 Å². The van der Waals surface area contributed by atoms with E-state index >= 15 is 0 Å². The van der Waals surface area contributed by atoms with Crippen molar-refractivity contribution in [3.05, 3.63) is 71.4 Å². The van der Waals surface area contributed by atoms with Crippen LogP contribution in [0.3, 0.4) is 0 Å². The fourth-order valence-electron chi connectivity index (χ4n) is 2.30. The first-order valence-corrected chi connectivity index (χ1v) is 8.17. The van der Waals surface area contributed by atoms with Crippen molar-refractivity contribution in [2.24, 2.45) is 0 Å². The molecule has 0 aliphatic carbocycles. The largest absolute Gasteiger partial charge is 0.490 e. The van der Waals surface area contributed by atoms with E-state index in [1.807, 2.05) is 6.07 Å². The summed E-state index contributed by atoms with van der Waals surface area (Å²) in [7, 11) is 0. The van der Waals surface area contributed by atoms with E-state index in [2.05, 4.69) is 11.9 Å². The highest BCUT2D eigenvalue weighted by Gasteiger charge is 2.35. The molecular weight excluding hydrogens is 387 g/mol. The van der Waals surface area contributed by atoms with Crippen LogP contribution in [0.2, 0.25) is 0 Å². The predicted molar refractivity (Wildman–Crippen MR) is 97.6 cm³/mol. The Bertz CT molecular complexity index is 976. The Balaban J connectivity index is 2.16. The second kappa shape index (κ2) is 8.65. The quantitative estimate of drug-likeness (QED) is 0.655. The molecule has 29 heavy (non-hydrogen) atoms. The van der Waals surface area contributed by atoms with Crippen molar-refractivity contribution in [2.45, 2.75) is 11.8 Å². The summed E-state index contributed by atoms with van der Waals surface area (Å²) in [6.07, 6.45) is -4.74. The number of anilines is 1. The van der Waals surface area contributed by atoms with Gasteiger partial charge in [-0.25, -0.2) is 0 Å². The molecule has 0 amide bonds. The number of aliphatic hydroxyl groups is 2. The van der Waals surface area contributed by atoms with Crippen molar-refractivity contribution < 1.29 is 28.1 Å². The molecule has 2 aromatic carbocycles. The number of rotatable bonds is 7. The molecular formula is C20H16F3N3O3. The number of nitrogens with one attached hydrogen (secondary N) is 1. The first kappa shape index (κ1) is 21.8. The Kier molecular flexibility index (Phi) is 6.49. The molecule has 6 nitrogen and oxygen atoms in total. The van der Waals surface area contributed by atoms with Crippen molar-refractivity contribution in [3.8, 4) is 17.9 Å². The lowest BCUT2D eigenvalue weighted by Gasteiger charge is -2.29. The van der Waals surface area contributed by atoms with Crippen LogP contribution < -0.4 is 10.1 Å². The minimum atomic E-state index is -4.74. The normalized spacial score (nSPS) is 12.9. The summed E-state index contributed by atoms with van der Waals surface area (Å²) in [5.41, 5.74) is -3.57. The maximum Gasteiger partial charge on any atom is 0.417 e. The van der Waals surface area contributed by atoms with Crippen LogP contribution in [0.5, 0.6) is 5.75 Å². The average Bonchev–Trinajstić information content (AvgIpc) is 2.71. The van der Waals surface area contributed by atoms with Gasteiger partial charge < -0.3 is 20.3 Å². The Morgan fingerprint density at radius 2 is 1.76 bits per heavy atom. The zero-order chi connectivity index (χ0) is 21.7. The van der Waals surface area contributed by atoms with E-state index in [1.54, 1.807) is 0 Å². The standard InChI is InChI=1S/C20H16F3N3O3/c1-13(26-16-5-4-15(10-25)18(8-16)20(21,22)23)19(28,11-27)12-29-17-6-2-14(9-24)3-7-17/h2-8,26-28H,1,11-12H2/t19-/m0/s1. The van der Waals surface area contributed by atoms with Crippen molar-refractivity contribution in [2.75, 3.05) is 18.5 Å². The maximum absolute atomic E-state index is 13.1. The van der Waals surface area contributed by atoms with Gasteiger partial charge in [0.15, 0.2) is 5.60 Å². The highest BCUT2D eigenvalue weighted by molar-refractivity contribution is 5.56. The van der Waals surface area contributed by atoms with Crippen LogP contribution in [0, 0.1) is 22.7 Å². The Morgan fingerprint density at radius 1 is 1.10 bits per heavy atom. The summed E-state index contributed by atoms with van der Waals surface area (Å²) in [5.74, 6) is 0.307. The second-order valence-corrected chi connectivity index (χ2v) is 6.09. The minimum Gasteiger partial charge on any atom is -0.490 e. The second-order valence-electron chi connectivity index (χ2n) is 6.09. The summed E-state index contributed by atoms with van der Waals surface area (Å²) < 4.78 is 44.6. The number of nitrogens with zero attached hydrogens (tertiary/aromatic N) is 2. The van der Waals surface area contributed by atoms with Crippen LogP contribution in [0.25, 0.3) is 0 Å². The van der Waals surface area contributed by atoms with Crippen LogP contribution >= 0.6 is 0 Å². The number of halogens is 3. The molecule has 3 N–H and O–H groups in total. The third-order valence-corrected chi connectivity index (χ3v) is 4.02. The van der Waals surface area contributed by atoms with Crippen LogP contribution in [-0.4, -0.2) is 29.0 Å². The van der Waals surface area contributed by atoms with E-state index in [0.29, 0.717) is 17.4 Å². The van der Waals surface area contributed by atoms with Gasteiger partial charge in [0.1, 0.15) is 12.4 Å². The first-order chi connectivity index (χ1) is 13.6. The topological polar surface area (TPSA) is 109 Å². The van der Waals surface area contributed by atoms with E-state index in [-0.39, 0.29) is 11.4 Å². The van der Waals surface area contributed by atoms with Crippen LogP contribution in [-0.2, 0) is 6.18 Å². The Labute approximate surface area is 164 Å². The lowest BCUT2D eigenvalue weighted by atomic mass is 10.0. The smallest absolute Gasteiger partial charge is 0.417 e. The highest BCUT2D eigenvalue weighted by atomic mass is 19.4. The van der Waals surface area contributed by atoms with Crippen molar-refractivity contribution in [1.82, 2.24) is 0 Å². The molecule has 9 heteroatoms. The van der Waals surface area contributed by atoms with Crippen molar-refractivity contribution >= 4 is 5.69 Å². The molecule has 150 valence electrons. The number of ether oxygens (including phenoxy) is 1. The molecule has 0 aliphatic heterocycles. The predicted octanol–water partition coefficient (Wildman–Crippen LogP) is 3.18. The molecule has 0 unspecified atom stereocenters. The molecule has 0 heterocycles. The Hall–Kier alpha value is -3.53. The molecule has 1 atom stereocenters. The van der Waals surface area contributed by atoms with Crippen LogP contribution in [0.1, 0.15) is 16.7 Å². The summed E-state index contributed by atoms with van der Waals surface area (Å²) >= 11 is 0. The fourth-order valence-corrected chi connectivity index (χ4v) is 2.30. The number of hydrogen-bond acceptors (Lipinski definition) is 6. The average molecular weight is 403 g/mol. The summed E-state index contributed by atoms with van der Waals surface area (Å²) in [6, 6.07) is 12.3. The van der Waals surface area contributed by atoms with E-state index < -0.39 is 36.1 Å². The summed E-state index contributed by atoms with van der Waals surface area (Å²) in [5, 5.41) is 40.3. The van der Waals surface area contributed by atoms with Gasteiger partial charge in [-0.3, -0.25) is 0 Å². The molecule has 0 bridgehead atoms. The number of benzene rings is 2. The molecule has 0 saturated carbocycles. The Morgan fingerprint density at radius 3 is 2.28 bits per heavy atom. The molecule has 0 aliphatic rings. The summed E-state index contributed by atoms with van der Waals surface area (Å²) in [6.45, 7) is 2.30. The first-order valence-electron chi connectivity index (χ1n) is 8.17. The van der Waals surface area contributed by atoms with Crippen LogP contribution in [0.15, 0.2) is 54.7 Å². The van der Waals surface area contributed by atoms with E-state index in [0.717, 1.165) is 6.07 Å². The van der Waals surface area contributed by atoms with E-state index in [4.69, 9.17) is 15.3 Å². The molecule has 0 aromatic heterocycles. The minimum absolute atomic E-state index is 0.0772. The van der Waals surface area contributed by atoms with Gasteiger partial charge in [-0.15, -0.1) is 0 Å². The molecule has 2 rings (SSSR count). The van der Waals surface area contributed by atoms with Gasteiger partial charge in [-0.1, -0.05) is 6.58 Å². The van der Waals surface area contributed by atoms with Gasteiger partial charge in [0, 0.05) is 11.4 Å². The van der Waals surface area contributed by atoms with Gasteiger partial charge in [0.25, 0.3) is 0 Å². The fraction of sp³-hybridized carbons (Fsp3) is 0.200. The van der Waals surface area contributed by atoms with E-state index in [9.17, 15) is 23.4 Å². The highest BCUT2D eigenvalue weighted by Crippen LogP contribution is 2.34. The third kappa shape index (κ3) is 5.26. The number of alkyl halides is 3. The SMILES string of the molecule is C=C(Nc1ccc(C#N)c(C(F)(F)F)c1)[C@](O)(CO)COc1ccc(C#N)cc1. The lowest BCUT2D eigenvalue weighted by Crippen LogP contribution is -2.44. The zero-order valence-corrected chi connectivity index (χ0v) is 15.0. The maximum atomic E-state index is 13.1. The van der Waals surface area contributed by atoms with Crippen molar-refractivity contribution in [1.29, 1.82) is 10.5 Å². The van der Waals surface area contributed by atoms with Crippen molar-refractivity contribution in [3.63, 3.8) is 0 Å². The van der Waals surface area contributed by atoms with Gasteiger partial charge in [-0.2, -0.15) is 23.7 Å². The third-order valence-electron chi connectivity index (χ3n) is 4.02.